The van der Waals surface area contributed by atoms with Crippen LogP contribution < -0.4 is 23.7 Å². The number of halogens is 1. The Morgan fingerprint density at radius 3 is 1.90 bits per heavy atom. The van der Waals surface area contributed by atoms with E-state index in [4.69, 9.17) is 23.7 Å². The second kappa shape index (κ2) is 8.94. The molecule has 0 fully saturated rings. The first-order valence-electron chi connectivity index (χ1n) is 9.70. The van der Waals surface area contributed by atoms with Crippen molar-refractivity contribution in [2.24, 2.45) is 0 Å². The van der Waals surface area contributed by atoms with Crippen molar-refractivity contribution in [3.05, 3.63) is 75.8 Å². The predicted molar refractivity (Wildman–Crippen MR) is 125 cm³/mol. The number of ether oxygens (including phenoxy) is 5. The Kier molecular flexibility index (Phi) is 6.09. The third kappa shape index (κ3) is 3.95. The third-order valence-corrected chi connectivity index (χ3v) is 5.82. The highest BCUT2D eigenvalue weighted by molar-refractivity contribution is 9.10. The van der Waals surface area contributed by atoms with E-state index in [1.807, 2.05) is 42.5 Å². The zero-order valence-electron chi connectivity index (χ0n) is 17.8. The number of fused-ring (bicyclic) bond motifs is 1. The van der Waals surface area contributed by atoms with Crippen molar-refractivity contribution in [1.82, 2.24) is 0 Å². The van der Waals surface area contributed by atoms with Crippen LogP contribution in [0.15, 0.2) is 59.1 Å². The average molecular weight is 483 g/mol. The fourth-order valence-electron chi connectivity index (χ4n) is 3.76. The van der Waals surface area contributed by atoms with Crippen LogP contribution in [0.25, 0.3) is 11.1 Å². The van der Waals surface area contributed by atoms with Crippen molar-refractivity contribution in [3.63, 3.8) is 0 Å². The van der Waals surface area contributed by atoms with Gasteiger partial charge in [0, 0.05) is 27.2 Å². The summed E-state index contributed by atoms with van der Waals surface area (Å²) in [6, 6.07) is 18.0. The summed E-state index contributed by atoms with van der Waals surface area (Å²) in [6.07, 6.45) is 0. The van der Waals surface area contributed by atoms with Crippen LogP contribution in [-0.2, 0) is 0 Å². The quantitative estimate of drug-likeness (QED) is 0.441. The second-order valence-electron chi connectivity index (χ2n) is 6.92. The van der Waals surface area contributed by atoms with Gasteiger partial charge in [-0.15, -0.1) is 0 Å². The average Bonchev–Trinajstić information content (AvgIpc) is 2.82. The molecule has 0 bridgehead atoms. The highest BCUT2D eigenvalue weighted by atomic mass is 79.9. The van der Waals surface area contributed by atoms with E-state index in [0.717, 1.165) is 38.1 Å². The summed E-state index contributed by atoms with van der Waals surface area (Å²) in [5.41, 5.74) is 5.11. The molecular weight excluding hydrogens is 460 g/mol. The van der Waals surface area contributed by atoms with Crippen molar-refractivity contribution < 1.29 is 23.7 Å². The molecule has 3 aromatic carbocycles. The summed E-state index contributed by atoms with van der Waals surface area (Å²) in [6.45, 7) is 0.424. The Morgan fingerprint density at radius 1 is 0.677 bits per heavy atom. The largest absolute Gasteiger partial charge is 0.493 e. The Bertz CT molecular complexity index is 1140. The monoisotopic (exact) mass is 482 g/mol. The van der Waals surface area contributed by atoms with Gasteiger partial charge in [-0.25, -0.2) is 0 Å². The van der Waals surface area contributed by atoms with Gasteiger partial charge < -0.3 is 23.7 Å². The molecular formula is C25H23BrO5. The van der Waals surface area contributed by atoms with Crippen LogP contribution >= 0.6 is 15.9 Å². The van der Waals surface area contributed by atoms with Crippen molar-refractivity contribution >= 4 is 27.1 Å². The van der Waals surface area contributed by atoms with Crippen molar-refractivity contribution in [3.8, 4) is 28.7 Å². The van der Waals surface area contributed by atoms with E-state index in [0.29, 0.717) is 29.6 Å². The van der Waals surface area contributed by atoms with Gasteiger partial charge in [0.15, 0.2) is 23.0 Å². The molecule has 0 aliphatic carbocycles. The van der Waals surface area contributed by atoms with Gasteiger partial charge in [0.05, 0.1) is 28.4 Å². The number of methoxy groups -OCH3 is 4. The van der Waals surface area contributed by atoms with E-state index in [9.17, 15) is 0 Å². The van der Waals surface area contributed by atoms with Crippen LogP contribution in [0.1, 0.15) is 16.7 Å². The van der Waals surface area contributed by atoms with Crippen LogP contribution in [-0.4, -0.2) is 35.0 Å². The highest BCUT2D eigenvalue weighted by Gasteiger charge is 2.26. The fraction of sp³-hybridized carbons (Fsp3) is 0.200. The third-order valence-electron chi connectivity index (χ3n) is 5.29. The molecule has 1 aliphatic rings. The summed E-state index contributed by atoms with van der Waals surface area (Å²) in [4.78, 5) is 0. The molecule has 3 aromatic rings. The summed E-state index contributed by atoms with van der Waals surface area (Å²) in [5, 5.41) is 0. The van der Waals surface area contributed by atoms with Crippen LogP contribution in [0.4, 0.5) is 0 Å². The Labute approximate surface area is 190 Å². The van der Waals surface area contributed by atoms with Gasteiger partial charge in [0.25, 0.3) is 0 Å². The van der Waals surface area contributed by atoms with E-state index in [1.54, 1.807) is 28.4 Å². The van der Waals surface area contributed by atoms with Gasteiger partial charge in [-0.05, 0) is 41.5 Å². The van der Waals surface area contributed by atoms with Gasteiger partial charge in [-0.3, -0.25) is 0 Å². The van der Waals surface area contributed by atoms with Crippen LogP contribution in [0.5, 0.6) is 28.7 Å². The normalized spacial score (nSPS) is 12.7. The zero-order chi connectivity index (χ0) is 22.0. The summed E-state index contributed by atoms with van der Waals surface area (Å²) in [7, 11) is 6.51. The van der Waals surface area contributed by atoms with E-state index in [1.165, 1.54) is 0 Å². The van der Waals surface area contributed by atoms with Gasteiger partial charge in [0.1, 0.15) is 12.4 Å². The maximum Gasteiger partial charge on any atom is 0.164 e. The second-order valence-corrected chi connectivity index (χ2v) is 7.84. The molecule has 1 aliphatic heterocycles. The van der Waals surface area contributed by atoms with Gasteiger partial charge >= 0.3 is 0 Å². The topological polar surface area (TPSA) is 46.2 Å². The summed E-state index contributed by atoms with van der Waals surface area (Å²) < 4.78 is 29.2. The molecule has 31 heavy (non-hydrogen) atoms. The molecule has 0 N–H and O–H groups in total. The molecule has 160 valence electrons. The van der Waals surface area contributed by atoms with E-state index in [-0.39, 0.29) is 0 Å². The maximum atomic E-state index is 6.15. The molecule has 0 amide bonds. The first-order chi connectivity index (χ1) is 15.1. The Morgan fingerprint density at radius 2 is 1.26 bits per heavy atom. The smallest absolute Gasteiger partial charge is 0.164 e. The fourth-order valence-corrected chi connectivity index (χ4v) is 4.02. The molecule has 0 saturated heterocycles. The lowest BCUT2D eigenvalue weighted by Gasteiger charge is -2.26. The highest BCUT2D eigenvalue weighted by Crippen LogP contribution is 2.46. The number of rotatable bonds is 6. The van der Waals surface area contributed by atoms with Crippen LogP contribution in [0.2, 0.25) is 0 Å². The number of hydrogen-bond acceptors (Lipinski definition) is 5. The van der Waals surface area contributed by atoms with Crippen molar-refractivity contribution in [2.75, 3.05) is 35.0 Å². The molecule has 5 nitrogen and oxygen atoms in total. The number of benzene rings is 3. The van der Waals surface area contributed by atoms with Crippen molar-refractivity contribution in [1.29, 1.82) is 0 Å². The van der Waals surface area contributed by atoms with E-state index < -0.39 is 0 Å². The minimum absolute atomic E-state index is 0.424. The zero-order valence-corrected chi connectivity index (χ0v) is 19.4. The first kappa shape index (κ1) is 21.1. The number of hydrogen-bond donors (Lipinski definition) is 0. The Hall–Kier alpha value is -3.12. The molecule has 0 radical (unpaired) electrons. The Balaban J connectivity index is 2.00. The van der Waals surface area contributed by atoms with Gasteiger partial charge in [-0.1, -0.05) is 34.1 Å². The van der Waals surface area contributed by atoms with Gasteiger partial charge in [0.2, 0.25) is 0 Å². The summed E-state index contributed by atoms with van der Waals surface area (Å²) >= 11 is 3.52. The van der Waals surface area contributed by atoms with Gasteiger partial charge in [-0.2, -0.15) is 0 Å². The molecule has 6 heteroatoms. The standard InChI is InChI=1S/C25H23BrO5/c1-27-20-10-7-16(11-22(20)28-2)25-18-12-23(29-3)24(30-4)13-21(18)31-14-19(25)15-5-8-17(26)9-6-15/h5-13H,14H2,1-4H3. The summed E-state index contributed by atoms with van der Waals surface area (Å²) in [5.74, 6) is 3.34. The lowest BCUT2D eigenvalue weighted by molar-refractivity contribution is 0.339. The van der Waals surface area contributed by atoms with Crippen LogP contribution in [0, 0.1) is 0 Å². The minimum atomic E-state index is 0.424. The molecule has 4 rings (SSSR count). The molecule has 0 unspecified atom stereocenters. The maximum absolute atomic E-state index is 6.15. The molecule has 0 saturated carbocycles. The SMILES string of the molecule is COc1ccc(C2=C(c3ccc(Br)cc3)COc3cc(OC)c(OC)cc32)cc1OC. The lowest BCUT2D eigenvalue weighted by atomic mass is 9.87. The van der Waals surface area contributed by atoms with E-state index in [2.05, 4.69) is 28.1 Å². The predicted octanol–water partition coefficient (Wildman–Crippen LogP) is 5.84. The van der Waals surface area contributed by atoms with E-state index >= 15 is 0 Å². The minimum Gasteiger partial charge on any atom is -0.493 e. The first-order valence-corrected chi connectivity index (χ1v) is 10.5. The molecule has 0 atom stereocenters. The lowest BCUT2D eigenvalue weighted by Crippen LogP contribution is -2.12. The van der Waals surface area contributed by atoms with Crippen LogP contribution in [0.3, 0.4) is 0 Å². The molecule has 0 spiro atoms. The molecule has 0 aromatic heterocycles. The van der Waals surface area contributed by atoms with Crippen molar-refractivity contribution in [2.45, 2.75) is 0 Å². The molecule has 1 heterocycles.